The van der Waals surface area contributed by atoms with Crippen LogP contribution in [0, 0.1) is 6.92 Å². The first-order valence-corrected chi connectivity index (χ1v) is 9.36. The Morgan fingerprint density at radius 2 is 1.81 bits per heavy atom. The van der Waals surface area contributed by atoms with Crippen molar-refractivity contribution in [2.75, 3.05) is 11.6 Å². The van der Waals surface area contributed by atoms with E-state index in [0.29, 0.717) is 5.75 Å². The molecule has 1 heterocycles. The number of rotatable bonds is 6. The van der Waals surface area contributed by atoms with E-state index in [9.17, 15) is 4.79 Å². The monoisotopic (exact) mass is 365 g/mol. The minimum atomic E-state index is -0.284. The van der Waals surface area contributed by atoms with Crippen molar-refractivity contribution in [2.24, 2.45) is 0 Å². The number of hydrogen-bond donors (Lipinski definition) is 1. The molecule has 0 bridgehead atoms. The first-order chi connectivity index (χ1) is 12.6. The van der Waals surface area contributed by atoms with Crippen LogP contribution in [0.4, 0.5) is 11.5 Å². The number of ether oxygens (including phenoxy) is 1. The lowest BCUT2D eigenvalue weighted by Crippen LogP contribution is -2.11. The van der Waals surface area contributed by atoms with E-state index in [4.69, 9.17) is 4.74 Å². The molecule has 0 amide bonds. The summed E-state index contributed by atoms with van der Waals surface area (Å²) < 4.78 is 5.38. The van der Waals surface area contributed by atoms with Gasteiger partial charge in [0.25, 0.3) is 0 Å². The third-order valence-electron chi connectivity index (χ3n) is 3.57. The first-order valence-electron chi connectivity index (χ1n) is 8.14. The topological polar surface area (TPSA) is 64.1 Å². The molecule has 5 nitrogen and oxygen atoms in total. The van der Waals surface area contributed by atoms with Gasteiger partial charge in [0, 0.05) is 17.4 Å². The van der Waals surface area contributed by atoms with Crippen molar-refractivity contribution < 1.29 is 9.53 Å². The van der Waals surface area contributed by atoms with E-state index in [-0.39, 0.29) is 12.4 Å². The fourth-order valence-corrected chi connectivity index (χ4v) is 2.81. The molecule has 0 unspecified atom stereocenters. The Morgan fingerprint density at radius 1 is 1.08 bits per heavy atom. The molecule has 26 heavy (non-hydrogen) atoms. The zero-order valence-corrected chi connectivity index (χ0v) is 15.4. The summed E-state index contributed by atoms with van der Waals surface area (Å²) in [4.78, 5) is 20.8. The third-order valence-corrected chi connectivity index (χ3v) is 4.11. The summed E-state index contributed by atoms with van der Waals surface area (Å²) in [5.41, 5.74) is 2.69. The highest BCUT2D eigenvalue weighted by molar-refractivity contribution is 7.98. The Balaban J connectivity index is 1.61. The largest absolute Gasteiger partial charge is 0.426 e. The van der Waals surface area contributed by atoms with Gasteiger partial charge in [-0.15, -0.1) is 0 Å². The van der Waals surface area contributed by atoms with Gasteiger partial charge in [-0.2, -0.15) is 0 Å². The smallest absolute Gasteiger partial charge is 0.315 e. The lowest BCUT2D eigenvalue weighted by atomic mass is 10.2. The molecule has 0 atom stereocenters. The number of carbonyl (C=O) groups is 1. The maximum atomic E-state index is 12.0. The molecule has 0 fully saturated rings. The van der Waals surface area contributed by atoms with E-state index in [1.807, 2.05) is 61.7 Å². The minimum absolute atomic E-state index is 0.249. The zero-order chi connectivity index (χ0) is 18.4. The van der Waals surface area contributed by atoms with E-state index in [1.165, 1.54) is 11.8 Å². The molecule has 0 spiro atoms. The lowest BCUT2D eigenvalue weighted by Gasteiger charge is -2.09. The number of nitrogens with one attached hydrogen (secondary N) is 1. The van der Waals surface area contributed by atoms with Crippen LogP contribution in [0.25, 0.3) is 0 Å². The van der Waals surface area contributed by atoms with Crippen LogP contribution in [0.15, 0.2) is 65.8 Å². The third kappa shape index (κ3) is 5.07. The molecule has 0 saturated carbocycles. The van der Waals surface area contributed by atoms with Crippen molar-refractivity contribution in [3.63, 3.8) is 0 Å². The normalized spacial score (nSPS) is 10.4. The van der Waals surface area contributed by atoms with E-state index in [2.05, 4.69) is 15.3 Å². The van der Waals surface area contributed by atoms with Crippen LogP contribution < -0.4 is 10.1 Å². The number of aryl methyl sites for hydroxylation is 1. The van der Waals surface area contributed by atoms with Gasteiger partial charge in [-0.3, -0.25) is 4.79 Å². The zero-order valence-electron chi connectivity index (χ0n) is 14.6. The second-order valence-corrected chi connectivity index (χ2v) is 6.44. The van der Waals surface area contributed by atoms with E-state index < -0.39 is 0 Å². The van der Waals surface area contributed by atoms with Gasteiger partial charge >= 0.3 is 5.97 Å². The van der Waals surface area contributed by atoms with Crippen LogP contribution in [0.5, 0.6) is 5.75 Å². The number of anilines is 2. The molecule has 1 N–H and O–H groups in total. The van der Waals surface area contributed by atoms with Crippen molar-refractivity contribution in [1.29, 1.82) is 0 Å². The fourth-order valence-electron chi connectivity index (χ4n) is 2.38. The molecular weight excluding hydrogens is 346 g/mol. The molecule has 3 rings (SSSR count). The highest BCUT2D eigenvalue weighted by Gasteiger charge is 2.07. The van der Waals surface area contributed by atoms with Crippen LogP contribution in [0.2, 0.25) is 0 Å². The van der Waals surface area contributed by atoms with Gasteiger partial charge in [0.2, 0.25) is 0 Å². The molecule has 0 aliphatic heterocycles. The Hall–Kier alpha value is -2.86. The molecule has 0 radical (unpaired) electrons. The van der Waals surface area contributed by atoms with E-state index in [1.54, 1.807) is 12.1 Å². The SMILES string of the molecule is CSc1nc(C)cc(Nc2ccc(OC(=O)Cc3ccccc3)cc2)n1. The van der Waals surface area contributed by atoms with Crippen LogP contribution in [0.3, 0.4) is 0 Å². The number of carbonyl (C=O) groups excluding carboxylic acids is 1. The molecule has 2 aromatic carbocycles. The molecule has 0 aliphatic carbocycles. The van der Waals surface area contributed by atoms with Gasteiger partial charge in [0.15, 0.2) is 5.16 Å². The van der Waals surface area contributed by atoms with Gasteiger partial charge < -0.3 is 10.1 Å². The number of nitrogens with zero attached hydrogens (tertiary/aromatic N) is 2. The van der Waals surface area contributed by atoms with Crippen LogP contribution in [-0.2, 0) is 11.2 Å². The van der Waals surface area contributed by atoms with E-state index in [0.717, 1.165) is 27.9 Å². The van der Waals surface area contributed by atoms with Gasteiger partial charge in [-0.05, 0) is 43.0 Å². The predicted molar refractivity (Wildman–Crippen MR) is 104 cm³/mol. The van der Waals surface area contributed by atoms with Crippen molar-refractivity contribution in [2.45, 2.75) is 18.5 Å². The van der Waals surface area contributed by atoms with Crippen LogP contribution in [-0.4, -0.2) is 22.2 Å². The molecule has 1 aromatic heterocycles. The Morgan fingerprint density at radius 3 is 2.50 bits per heavy atom. The van der Waals surface area contributed by atoms with Crippen molar-refractivity contribution in [3.8, 4) is 5.75 Å². The fraction of sp³-hybridized carbons (Fsp3) is 0.150. The number of hydrogen-bond acceptors (Lipinski definition) is 6. The molecule has 3 aromatic rings. The highest BCUT2D eigenvalue weighted by Crippen LogP contribution is 2.21. The van der Waals surface area contributed by atoms with Crippen molar-refractivity contribution in [3.05, 3.63) is 71.9 Å². The number of thioether (sulfide) groups is 1. The second-order valence-electron chi connectivity index (χ2n) is 5.67. The Bertz CT molecular complexity index is 883. The Labute approximate surface area is 156 Å². The van der Waals surface area contributed by atoms with Crippen molar-refractivity contribution >= 4 is 29.2 Å². The standard InChI is InChI=1S/C20H19N3O2S/c1-14-12-18(23-20(21-14)26-2)22-16-8-10-17(11-9-16)25-19(24)13-15-6-4-3-5-7-15/h3-12H,13H2,1-2H3,(H,21,22,23). The number of esters is 1. The summed E-state index contributed by atoms with van der Waals surface area (Å²) in [6, 6.07) is 18.6. The minimum Gasteiger partial charge on any atom is -0.426 e. The summed E-state index contributed by atoms with van der Waals surface area (Å²) in [5.74, 6) is 0.962. The summed E-state index contributed by atoms with van der Waals surface area (Å²) in [5, 5.41) is 3.96. The van der Waals surface area contributed by atoms with Gasteiger partial charge in [-0.25, -0.2) is 9.97 Å². The molecule has 0 aliphatic rings. The maximum absolute atomic E-state index is 12.0. The average molecular weight is 365 g/mol. The number of benzene rings is 2. The predicted octanol–water partition coefficient (Wildman–Crippen LogP) is 4.40. The molecule has 6 heteroatoms. The van der Waals surface area contributed by atoms with Gasteiger partial charge in [0.1, 0.15) is 11.6 Å². The Kier molecular flexibility index (Phi) is 5.86. The molecule has 0 saturated heterocycles. The summed E-state index contributed by atoms with van der Waals surface area (Å²) in [6.07, 6.45) is 2.19. The quantitative estimate of drug-likeness (QED) is 0.302. The van der Waals surface area contributed by atoms with Crippen LogP contribution >= 0.6 is 11.8 Å². The summed E-state index contributed by atoms with van der Waals surface area (Å²) in [6.45, 7) is 1.93. The summed E-state index contributed by atoms with van der Waals surface area (Å²) >= 11 is 1.50. The maximum Gasteiger partial charge on any atom is 0.315 e. The van der Waals surface area contributed by atoms with Crippen LogP contribution in [0.1, 0.15) is 11.3 Å². The molecular formula is C20H19N3O2S. The number of aromatic nitrogens is 2. The first kappa shape index (κ1) is 17.9. The highest BCUT2D eigenvalue weighted by atomic mass is 32.2. The van der Waals surface area contributed by atoms with Crippen molar-refractivity contribution in [1.82, 2.24) is 9.97 Å². The molecule has 132 valence electrons. The second kappa shape index (κ2) is 8.49. The van der Waals surface area contributed by atoms with Gasteiger partial charge in [-0.1, -0.05) is 42.1 Å². The summed E-state index contributed by atoms with van der Waals surface area (Å²) in [7, 11) is 0. The van der Waals surface area contributed by atoms with E-state index >= 15 is 0 Å². The average Bonchev–Trinajstić information content (AvgIpc) is 2.63. The lowest BCUT2D eigenvalue weighted by molar-refractivity contribution is -0.133. The van der Waals surface area contributed by atoms with Gasteiger partial charge in [0.05, 0.1) is 6.42 Å².